The van der Waals surface area contributed by atoms with E-state index in [4.69, 9.17) is 4.74 Å². The fourth-order valence-electron chi connectivity index (χ4n) is 1.61. The van der Waals surface area contributed by atoms with Crippen molar-refractivity contribution in [1.29, 1.82) is 0 Å². The van der Waals surface area contributed by atoms with E-state index in [0.717, 1.165) is 7.11 Å². The summed E-state index contributed by atoms with van der Waals surface area (Å²) in [5.41, 5.74) is -1.39. The van der Waals surface area contributed by atoms with Crippen molar-refractivity contribution in [2.75, 3.05) is 14.2 Å². The molecule has 0 aromatic heterocycles. The van der Waals surface area contributed by atoms with Crippen molar-refractivity contribution in [2.45, 2.75) is 46.6 Å². The molecule has 29 heavy (non-hydrogen) atoms. The second-order valence-corrected chi connectivity index (χ2v) is 6.20. The maximum atomic E-state index is 14.3. The highest BCUT2D eigenvalue weighted by Gasteiger charge is 2.22. The van der Waals surface area contributed by atoms with Gasteiger partial charge >= 0.3 is 0 Å². The molecule has 0 radical (unpaired) electrons. The standard InChI is InChI=1S/C20H24F4O2.C3H8/c1-11(9-10-12(2)25-7)13(3)17(21)18(22)14(4)15(5)19(23)20(24)16(6)26-8;1-3-2/h9,12H,3-6,10H2,1-2,7-8H3;3H2,1-2H3/b11-9+,18-17-,20-19-;. The Morgan fingerprint density at radius 2 is 1.21 bits per heavy atom. The van der Waals surface area contributed by atoms with Crippen LogP contribution in [0, 0.1) is 0 Å². The van der Waals surface area contributed by atoms with Crippen LogP contribution in [0.5, 0.6) is 0 Å². The quantitative estimate of drug-likeness (QED) is 0.205. The van der Waals surface area contributed by atoms with Crippen LogP contribution in [-0.4, -0.2) is 20.3 Å². The molecule has 0 bridgehead atoms. The summed E-state index contributed by atoms with van der Waals surface area (Å²) in [7, 11) is 2.61. The Hall–Kier alpha value is -2.34. The summed E-state index contributed by atoms with van der Waals surface area (Å²) in [4.78, 5) is 0. The van der Waals surface area contributed by atoms with Crippen molar-refractivity contribution < 1.29 is 27.0 Å². The molecule has 0 aliphatic heterocycles. The Labute approximate surface area is 172 Å². The highest BCUT2D eigenvalue weighted by molar-refractivity contribution is 5.55. The first kappa shape index (κ1) is 28.9. The van der Waals surface area contributed by atoms with Gasteiger partial charge in [0.1, 0.15) is 5.76 Å². The molecule has 0 spiro atoms. The summed E-state index contributed by atoms with van der Waals surface area (Å²) < 4.78 is 65.7. The van der Waals surface area contributed by atoms with Crippen molar-refractivity contribution in [3.63, 3.8) is 0 Å². The van der Waals surface area contributed by atoms with Crippen LogP contribution in [-0.2, 0) is 9.47 Å². The Morgan fingerprint density at radius 1 is 0.828 bits per heavy atom. The fourth-order valence-corrected chi connectivity index (χ4v) is 1.61. The molecule has 1 atom stereocenters. The van der Waals surface area contributed by atoms with Gasteiger partial charge in [0.2, 0.25) is 5.83 Å². The van der Waals surface area contributed by atoms with E-state index in [-0.39, 0.29) is 11.7 Å². The van der Waals surface area contributed by atoms with E-state index in [0.29, 0.717) is 12.0 Å². The first-order valence-electron chi connectivity index (χ1n) is 9.02. The van der Waals surface area contributed by atoms with E-state index >= 15 is 0 Å². The zero-order chi connectivity index (χ0) is 23.3. The normalized spacial score (nSPS) is 13.9. The molecule has 2 nitrogen and oxygen atoms in total. The van der Waals surface area contributed by atoms with Crippen molar-refractivity contribution >= 4 is 0 Å². The molecular formula is C23H32F4O2. The Balaban J connectivity index is 0. The number of halogens is 4. The van der Waals surface area contributed by atoms with Gasteiger partial charge in [0.05, 0.1) is 13.2 Å². The zero-order valence-corrected chi connectivity index (χ0v) is 18.2. The molecule has 0 aliphatic carbocycles. The van der Waals surface area contributed by atoms with E-state index in [1.807, 2.05) is 6.92 Å². The smallest absolute Gasteiger partial charge is 0.200 e. The molecule has 0 heterocycles. The van der Waals surface area contributed by atoms with E-state index in [9.17, 15) is 17.6 Å². The van der Waals surface area contributed by atoms with Gasteiger partial charge in [-0.25, -0.2) is 13.2 Å². The summed E-state index contributed by atoms with van der Waals surface area (Å²) in [6.45, 7) is 20.6. The highest BCUT2D eigenvalue weighted by atomic mass is 19.2. The lowest BCUT2D eigenvalue weighted by molar-refractivity contribution is 0.121. The third-order valence-electron chi connectivity index (χ3n) is 3.67. The molecule has 0 rings (SSSR count). The largest absolute Gasteiger partial charge is 0.494 e. The molecule has 6 heteroatoms. The summed E-state index contributed by atoms with van der Waals surface area (Å²) in [6, 6.07) is 0. The number of hydrogen-bond acceptors (Lipinski definition) is 2. The van der Waals surface area contributed by atoms with Gasteiger partial charge in [-0.1, -0.05) is 52.7 Å². The van der Waals surface area contributed by atoms with Gasteiger partial charge in [-0.15, -0.1) is 0 Å². The van der Waals surface area contributed by atoms with Crippen LogP contribution in [0.3, 0.4) is 0 Å². The summed E-state index contributed by atoms with van der Waals surface area (Å²) >= 11 is 0. The first-order chi connectivity index (χ1) is 13.4. The van der Waals surface area contributed by atoms with Crippen molar-refractivity contribution in [3.8, 4) is 0 Å². The van der Waals surface area contributed by atoms with Gasteiger partial charge < -0.3 is 9.47 Å². The molecule has 0 aliphatic rings. The lowest BCUT2D eigenvalue weighted by atomic mass is 10.0. The van der Waals surface area contributed by atoms with Crippen LogP contribution >= 0.6 is 0 Å². The van der Waals surface area contributed by atoms with Crippen LogP contribution < -0.4 is 0 Å². The maximum absolute atomic E-state index is 14.3. The molecular weight excluding hydrogens is 384 g/mol. The van der Waals surface area contributed by atoms with E-state index in [2.05, 4.69) is 44.9 Å². The van der Waals surface area contributed by atoms with E-state index in [1.165, 1.54) is 20.5 Å². The van der Waals surface area contributed by atoms with Gasteiger partial charge in [0, 0.05) is 23.8 Å². The van der Waals surface area contributed by atoms with Crippen LogP contribution in [0.2, 0.25) is 0 Å². The fraction of sp³-hybridized carbons (Fsp3) is 0.391. The SMILES string of the molecule is C=C(OC)/C(F)=C(/F)C(=C)C(=C)/C(F)=C(/F)C(=C)/C(C)=C/CC(C)OC.CCC. The van der Waals surface area contributed by atoms with Crippen LogP contribution in [0.1, 0.15) is 40.5 Å². The highest BCUT2D eigenvalue weighted by Crippen LogP contribution is 2.34. The zero-order valence-electron chi connectivity index (χ0n) is 18.2. The van der Waals surface area contributed by atoms with Crippen LogP contribution in [0.4, 0.5) is 17.6 Å². The van der Waals surface area contributed by atoms with Gasteiger partial charge in [0.15, 0.2) is 17.5 Å². The minimum Gasteiger partial charge on any atom is -0.494 e. The van der Waals surface area contributed by atoms with Crippen molar-refractivity contribution in [3.05, 3.63) is 83.8 Å². The minimum absolute atomic E-state index is 0.111. The predicted octanol–water partition coefficient (Wildman–Crippen LogP) is 7.90. The molecule has 0 fully saturated rings. The van der Waals surface area contributed by atoms with Crippen molar-refractivity contribution in [1.82, 2.24) is 0 Å². The number of allylic oxidation sites excluding steroid dienone is 8. The molecule has 0 saturated heterocycles. The van der Waals surface area contributed by atoms with Crippen molar-refractivity contribution in [2.24, 2.45) is 0 Å². The molecule has 164 valence electrons. The third-order valence-corrected chi connectivity index (χ3v) is 3.67. The monoisotopic (exact) mass is 416 g/mol. The van der Waals surface area contributed by atoms with Crippen LogP contribution in [0.15, 0.2) is 83.8 Å². The average molecular weight is 416 g/mol. The third kappa shape index (κ3) is 9.61. The summed E-state index contributed by atoms with van der Waals surface area (Å²) in [6.07, 6.45) is 3.23. The first-order valence-corrected chi connectivity index (χ1v) is 9.02. The van der Waals surface area contributed by atoms with E-state index in [1.54, 1.807) is 6.08 Å². The lowest BCUT2D eigenvalue weighted by Gasteiger charge is -2.11. The Morgan fingerprint density at radius 3 is 1.59 bits per heavy atom. The molecule has 1 unspecified atom stereocenters. The van der Waals surface area contributed by atoms with Gasteiger partial charge in [0.25, 0.3) is 0 Å². The number of methoxy groups -OCH3 is 2. The topological polar surface area (TPSA) is 18.5 Å². The molecule has 0 aromatic rings. The average Bonchev–Trinajstić information content (AvgIpc) is 2.72. The molecule has 0 aromatic carbocycles. The van der Waals surface area contributed by atoms with Crippen LogP contribution in [0.25, 0.3) is 0 Å². The molecule has 0 amide bonds. The summed E-state index contributed by atoms with van der Waals surface area (Å²) in [5, 5.41) is 0. The lowest BCUT2D eigenvalue weighted by Crippen LogP contribution is -2.03. The van der Waals surface area contributed by atoms with Gasteiger partial charge in [-0.3, -0.25) is 0 Å². The van der Waals surface area contributed by atoms with E-state index < -0.39 is 40.2 Å². The van der Waals surface area contributed by atoms with Gasteiger partial charge in [-0.2, -0.15) is 4.39 Å². The Kier molecular flexibility index (Phi) is 14.6. The second kappa shape index (κ2) is 14.6. The molecule has 0 N–H and O–H groups in total. The number of ether oxygens (including phenoxy) is 2. The minimum atomic E-state index is -1.54. The van der Waals surface area contributed by atoms with Gasteiger partial charge in [-0.05, 0) is 25.8 Å². The Bertz CT molecular complexity index is 712. The number of hydrogen-bond donors (Lipinski definition) is 0. The summed E-state index contributed by atoms with van der Waals surface area (Å²) in [5.74, 6) is -6.46. The number of rotatable bonds is 10. The predicted molar refractivity (Wildman–Crippen MR) is 113 cm³/mol. The maximum Gasteiger partial charge on any atom is 0.200 e. The second-order valence-electron chi connectivity index (χ2n) is 6.20. The molecule has 0 saturated carbocycles.